The molecule has 2 aromatic carbocycles. The molecule has 0 heterocycles. The van der Waals surface area contributed by atoms with Gasteiger partial charge < -0.3 is 4.84 Å². The molecule has 3 heteroatoms. The molecular weight excluding hydrogens is 229 g/mol. The van der Waals surface area contributed by atoms with Crippen molar-refractivity contribution in [3.8, 4) is 0 Å². The number of benzene rings is 2. The highest BCUT2D eigenvalue weighted by atomic mass is 19.1. The molecule has 18 heavy (non-hydrogen) atoms. The monoisotopic (exact) mass is 242 g/mol. The molecule has 0 atom stereocenters. The summed E-state index contributed by atoms with van der Waals surface area (Å²) < 4.78 is 12.6. The molecule has 2 rings (SSSR count). The number of nitrogens with zero attached hydrogens (tertiary/aromatic N) is 1. The molecule has 0 saturated carbocycles. The Balaban J connectivity index is 1.84. The van der Waals surface area contributed by atoms with Crippen LogP contribution in [0.5, 0.6) is 0 Å². The summed E-state index contributed by atoms with van der Waals surface area (Å²) in [5.74, 6) is -0.277. The predicted molar refractivity (Wildman–Crippen MR) is 68.9 cm³/mol. The summed E-state index contributed by atoms with van der Waals surface area (Å²) >= 11 is 0. The molecule has 0 spiro atoms. The second kappa shape index (κ2) is 5.96. The maximum absolute atomic E-state index is 12.6. The van der Waals surface area contributed by atoms with Gasteiger partial charge in [0, 0.05) is 5.56 Å². The van der Waals surface area contributed by atoms with Crippen LogP contribution in [0.3, 0.4) is 0 Å². The van der Waals surface area contributed by atoms with Crippen molar-refractivity contribution in [3.05, 3.63) is 71.0 Å². The molecule has 0 bridgehead atoms. The van der Waals surface area contributed by atoms with Crippen LogP contribution in [0.1, 0.15) is 16.7 Å². The Morgan fingerprint density at radius 2 is 1.72 bits per heavy atom. The zero-order valence-electron chi connectivity index (χ0n) is 10.1. The van der Waals surface area contributed by atoms with Crippen molar-refractivity contribution in [3.63, 3.8) is 0 Å². The molecule has 0 amide bonds. The van der Waals surface area contributed by atoms with Crippen molar-refractivity contribution in [2.45, 2.75) is 13.5 Å². The van der Waals surface area contributed by atoms with Gasteiger partial charge in [-0.1, -0.05) is 35.0 Å². The van der Waals surface area contributed by atoms with Crippen molar-refractivity contribution < 1.29 is 9.23 Å². The van der Waals surface area contributed by atoms with Gasteiger partial charge in [-0.25, -0.2) is 4.39 Å². The van der Waals surface area contributed by atoms with Crippen LogP contribution >= 0.6 is 0 Å². The zero-order valence-corrected chi connectivity index (χ0v) is 10.1. The summed E-state index contributed by atoms with van der Waals surface area (Å²) in [6, 6.07) is 13.9. The van der Waals surface area contributed by atoms with Gasteiger partial charge in [-0.2, -0.15) is 0 Å². The minimum Gasteiger partial charge on any atom is -0.390 e. The van der Waals surface area contributed by atoms with E-state index in [4.69, 9.17) is 4.84 Å². The van der Waals surface area contributed by atoms with Gasteiger partial charge in [0.05, 0.1) is 0 Å². The van der Waals surface area contributed by atoms with Crippen molar-refractivity contribution in [1.29, 1.82) is 0 Å². The van der Waals surface area contributed by atoms with Gasteiger partial charge in [0.25, 0.3) is 0 Å². The van der Waals surface area contributed by atoms with E-state index in [1.807, 2.05) is 31.2 Å². The molecule has 2 nitrogen and oxygen atoms in total. The third kappa shape index (κ3) is 3.70. The smallest absolute Gasteiger partial charge is 0.142 e. The van der Waals surface area contributed by atoms with Crippen LogP contribution in [-0.4, -0.2) is 6.21 Å². The summed E-state index contributed by atoms with van der Waals surface area (Å²) in [7, 11) is 0. The largest absolute Gasteiger partial charge is 0.390 e. The topological polar surface area (TPSA) is 21.6 Å². The summed E-state index contributed by atoms with van der Waals surface area (Å²) in [5.41, 5.74) is 2.94. The molecule has 0 aromatic heterocycles. The van der Waals surface area contributed by atoms with E-state index >= 15 is 0 Å². The summed E-state index contributed by atoms with van der Waals surface area (Å²) in [6.45, 7) is 2.43. The number of rotatable bonds is 4. The Kier molecular flexibility index (Phi) is 4.07. The Labute approximate surface area is 106 Å². The van der Waals surface area contributed by atoms with E-state index in [1.165, 1.54) is 17.7 Å². The Morgan fingerprint density at radius 3 is 2.39 bits per heavy atom. The molecule has 1 radical (unpaired) electrons. The normalized spacial score (nSPS) is 10.8. The van der Waals surface area contributed by atoms with Crippen LogP contribution < -0.4 is 0 Å². The lowest BCUT2D eigenvalue weighted by molar-refractivity contribution is 0.132. The van der Waals surface area contributed by atoms with Crippen molar-refractivity contribution in [2.75, 3.05) is 0 Å². The lowest BCUT2D eigenvalue weighted by atomic mass is 10.2. The fourth-order valence-electron chi connectivity index (χ4n) is 1.40. The van der Waals surface area contributed by atoms with Crippen molar-refractivity contribution >= 4 is 6.21 Å². The fraction of sp³-hybridized carbons (Fsp3) is 0.133. The molecule has 91 valence electrons. The maximum atomic E-state index is 12.6. The van der Waals surface area contributed by atoms with E-state index in [1.54, 1.807) is 12.1 Å². The molecule has 0 N–H and O–H groups in total. The van der Waals surface area contributed by atoms with E-state index < -0.39 is 0 Å². The van der Waals surface area contributed by atoms with E-state index in [9.17, 15) is 4.39 Å². The van der Waals surface area contributed by atoms with Gasteiger partial charge in [0.2, 0.25) is 0 Å². The zero-order chi connectivity index (χ0) is 12.8. The van der Waals surface area contributed by atoms with Crippen LogP contribution in [-0.2, 0) is 11.4 Å². The molecule has 0 saturated heterocycles. The van der Waals surface area contributed by atoms with E-state index in [-0.39, 0.29) is 5.82 Å². The van der Waals surface area contributed by atoms with Crippen LogP contribution in [0, 0.1) is 12.7 Å². The first kappa shape index (κ1) is 12.3. The highest BCUT2D eigenvalue weighted by Crippen LogP contribution is 2.05. The Bertz CT molecular complexity index is 517. The van der Waals surface area contributed by atoms with E-state index in [2.05, 4.69) is 11.4 Å². The molecule has 0 aliphatic heterocycles. The number of halogens is 1. The predicted octanol–water partition coefficient (Wildman–Crippen LogP) is 3.56. The molecule has 2 aromatic rings. The SMILES string of the molecule is Cc1ccc(CO/N=[C]\c2ccc(F)cc2)cc1. The third-order valence-corrected chi connectivity index (χ3v) is 2.44. The van der Waals surface area contributed by atoms with Crippen LogP contribution in [0.4, 0.5) is 4.39 Å². The first-order chi connectivity index (χ1) is 8.74. The highest BCUT2D eigenvalue weighted by Gasteiger charge is 1.93. The average molecular weight is 242 g/mol. The summed E-state index contributed by atoms with van der Waals surface area (Å²) in [4.78, 5) is 5.11. The van der Waals surface area contributed by atoms with Crippen LogP contribution in [0.15, 0.2) is 53.7 Å². The first-order valence-electron chi connectivity index (χ1n) is 5.63. The van der Waals surface area contributed by atoms with Gasteiger partial charge in [-0.3, -0.25) is 0 Å². The average Bonchev–Trinajstić information content (AvgIpc) is 2.39. The third-order valence-electron chi connectivity index (χ3n) is 2.44. The lowest BCUT2D eigenvalue weighted by Crippen LogP contribution is -1.88. The molecule has 0 aliphatic carbocycles. The van der Waals surface area contributed by atoms with Crippen molar-refractivity contribution in [2.24, 2.45) is 5.16 Å². The number of hydrogen-bond donors (Lipinski definition) is 0. The minimum absolute atomic E-state index is 0.277. The van der Waals surface area contributed by atoms with Gasteiger partial charge in [0.1, 0.15) is 18.6 Å². The van der Waals surface area contributed by atoms with E-state index in [0.717, 1.165) is 5.56 Å². The van der Waals surface area contributed by atoms with Crippen LogP contribution in [0.2, 0.25) is 0 Å². The minimum atomic E-state index is -0.277. The maximum Gasteiger partial charge on any atom is 0.142 e. The molecular formula is C15H13FNO. The Hall–Kier alpha value is -2.16. The quantitative estimate of drug-likeness (QED) is 0.593. The van der Waals surface area contributed by atoms with Gasteiger partial charge in [-0.15, -0.1) is 0 Å². The molecule has 0 fully saturated rings. The van der Waals surface area contributed by atoms with E-state index in [0.29, 0.717) is 12.2 Å². The number of aryl methyl sites for hydroxylation is 1. The fourth-order valence-corrected chi connectivity index (χ4v) is 1.40. The van der Waals surface area contributed by atoms with Crippen LogP contribution in [0.25, 0.3) is 0 Å². The van der Waals surface area contributed by atoms with Gasteiger partial charge in [0.15, 0.2) is 0 Å². The second-order valence-corrected chi connectivity index (χ2v) is 3.97. The standard InChI is InChI=1S/C15H13FNO/c1-12-2-4-14(5-3-12)11-18-17-10-13-6-8-15(16)9-7-13/h2-9H,11H2,1H3. The molecule has 0 aliphatic rings. The second-order valence-electron chi connectivity index (χ2n) is 3.97. The van der Waals surface area contributed by atoms with Gasteiger partial charge in [-0.05, 0) is 36.8 Å². The summed E-state index contributed by atoms with van der Waals surface area (Å²) in [6.07, 6.45) is 2.69. The summed E-state index contributed by atoms with van der Waals surface area (Å²) in [5, 5.41) is 3.72. The molecule has 0 unspecified atom stereocenters. The van der Waals surface area contributed by atoms with Gasteiger partial charge >= 0.3 is 0 Å². The first-order valence-corrected chi connectivity index (χ1v) is 5.63. The lowest BCUT2D eigenvalue weighted by Gasteiger charge is -1.99. The highest BCUT2D eigenvalue weighted by molar-refractivity contribution is 5.78. The van der Waals surface area contributed by atoms with Crippen molar-refractivity contribution in [1.82, 2.24) is 0 Å². The Morgan fingerprint density at radius 1 is 1.06 bits per heavy atom. The number of hydrogen-bond acceptors (Lipinski definition) is 2.